The molecule has 2 aromatic rings. The van der Waals surface area contributed by atoms with Crippen molar-refractivity contribution in [2.24, 2.45) is 5.92 Å². The summed E-state index contributed by atoms with van der Waals surface area (Å²) in [4.78, 5) is 18.7. The van der Waals surface area contributed by atoms with E-state index in [0.29, 0.717) is 6.42 Å². The molecule has 1 aromatic heterocycles. The largest absolute Gasteiger partial charge is 0.394 e. The second-order valence-electron chi connectivity index (χ2n) is 7.55. The molecule has 0 spiro atoms. The second-order valence-corrected chi connectivity index (χ2v) is 7.55. The number of H-pyrrole nitrogens is 1. The maximum Gasteiger partial charge on any atom is 0.243 e. The molecule has 128 valence electrons. The lowest BCUT2D eigenvalue weighted by atomic mass is 9.99. The van der Waals surface area contributed by atoms with Crippen LogP contribution < -0.4 is 10.2 Å². The van der Waals surface area contributed by atoms with Gasteiger partial charge in [0.15, 0.2) is 0 Å². The number of nitrogens with one attached hydrogen (secondary N) is 2. The Morgan fingerprint density at radius 2 is 2.08 bits per heavy atom. The minimum atomic E-state index is -0.246. The van der Waals surface area contributed by atoms with Gasteiger partial charge in [0.25, 0.3) is 0 Å². The monoisotopic (exact) mass is 327 g/mol. The van der Waals surface area contributed by atoms with Gasteiger partial charge < -0.3 is 20.3 Å². The number of aliphatic hydroxyl groups excluding tert-OH is 1. The first-order valence-corrected chi connectivity index (χ1v) is 8.82. The number of amides is 1. The number of nitrogens with zero attached hydrogens (tertiary/aromatic N) is 1. The molecule has 0 saturated carbocycles. The number of hydrogen-bond acceptors (Lipinski definition) is 3. The number of aliphatic hydroxyl groups is 1. The minimum absolute atomic E-state index is 0.0230. The van der Waals surface area contributed by atoms with E-state index < -0.39 is 0 Å². The van der Waals surface area contributed by atoms with Crippen LogP contribution in [-0.4, -0.2) is 40.7 Å². The summed E-state index contributed by atoms with van der Waals surface area (Å²) in [7, 11) is 0. The zero-order valence-corrected chi connectivity index (χ0v) is 14.5. The second kappa shape index (κ2) is 5.52. The molecule has 24 heavy (non-hydrogen) atoms. The third kappa shape index (κ3) is 2.14. The highest BCUT2D eigenvalue weighted by molar-refractivity contribution is 6.01. The molecule has 5 heteroatoms. The van der Waals surface area contributed by atoms with E-state index in [1.54, 1.807) is 0 Å². The van der Waals surface area contributed by atoms with Gasteiger partial charge in [0.1, 0.15) is 6.04 Å². The zero-order valence-electron chi connectivity index (χ0n) is 14.5. The average molecular weight is 327 g/mol. The molecule has 4 rings (SSSR count). The number of carbonyl (C=O) groups is 1. The van der Waals surface area contributed by atoms with Gasteiger partial charge in [0.05, 0.1) is 18.3 Å². The number of rotatable bonds is 2. The molecule has 0 saturated heterocycles. The van der Waals surface area contributed by atoms with Crippen LogP contribution in [0.2, 0.25) is 0 Å². The molecular formula is C19H25N3O2. The Kier molecular flexibility index (Phi) is 3.57. The summed E-state index contributed by atoms with van der Waals surface area (Å²) in [5.41, 5.74) is 4.81. The topological polar surface area (TPSA) is 68.4 Å². The Bertz CT molecular complexity index is 795. The standard InChI is InChI=1S/C19H25N3O2/c1-10(2)17-19(24)21-14(9-23)7-13-8-20-15-5-4-12-6-11(3)22(17)18(12)16(13)15/h4-5,8,10-11,14,17,20,23H,6-7,9H2,1-3H3,(H,21,24)/t11-,14+,17-/m1/s1. The Labute approximate surface area is 142 Å². The summed E-state index contributed by atoms with van der Waals surface area (Å²) in [6.45, 7) is 6.34. The van der Waals surface area contributed by atoms with Crippen molar-refractivity contribution >= 4 is 22.5 Å². The Balaban J connectivity index is 1.99. The van der Waals surface area contributed by atoms with Crippen molar-refractivity contribution in [3.8, 4) is 0 Å². The summed E-state index contributed by atoms with van der Waals surface area (Å²) in [6, 6.07) is 4.15. The van der Waals surface area contributed by atoms with Crippen LogP contribution in [0, 0.1) is 5.92 Å². The molecule has 3 atom stereocenters. The van der Waals surface area contributed by atoms with E-state index >= 15 is 0 Å². The minimum Gasteiger partial charge on any atom is -0.394 e. The third-order valence-electron chi connectivity index (χ3n) is 5.47. The zero-order chi connectivity index (χ0) is 17.0. The summed E-state index contributed by atoms with van der Waals surface area (Å²) in [5.74, 6) is 0.211. The summed E-state index contributed by atoms with van der Waals surface area (Å²) >= 11 is 0. The van der Waals surface area contributed by atoms with Crippen molar-refractivity contribution in [3.63, 3.8) is 0 Å². The van der Waals surface area contributed by atoms with Crippen LogP contribution in [0.4, 0.5) is 5.69 Å². The van der Waals surface area contributed by atoms with Crippen LogP contribution in [-0.2, 0) is 17.6 Å². The Morgan fingerprint density at radius 1 is 1.29 bits per heavy atom. The van der Waals surface area contributed by atoms with Crippen LogP contribution in [0.15, 0.2) is 18.3 Å². The van der Waals surface area contributed by atoms with E-state index in [-0.39, 0.29) is 36.6 Å². The number of aromatic nitrogens is 1. The SMILES string of the molecule is CC(C)[C@@H]1C(=O)N[C@H](CO)Cc2c[nH]c3ccc4c(c23)N1[C@H](C)C4. The predicted molar refractivity (Wildman–Crippen MR) is 95.3 cm³/mol. The summed E-state index contributed by atoms with van der Waals surface area (Å²) in [6.07, 6.45) is 3.64. The lowest BCUT2D eigenvalue weighted by Crippen LogP contribution is -2.54. The summed E-state index contributed by atoms with van der Waals surface area (Å²) in [5, 5.41) is 14.0. The number of anilines is 1. The molecule has 0 radical (unpaired) electrons. The average Bonchev–Trinajstić information content (AvgIpc) is 3.08. The smallest absolute Gasteiger partial charge is 0.243 e. The molecule has 3 heterocycles. The third-order valence-corrected chi connectivity index (χ3v) is 5.47. The van der Waals surface area contributed by atoms with Gasteiger partial charge in [-0.1, -0.05) is 19.9 Å². The molecule has 1 aromatic carbocycles. The van der Waals surface area contributed by atoms with Gasteiger partial charge >= 0.3 is 0 Å². The number of benzene rings is 1. The first-order valence-electron chi connectivity index (χ1n) is 8.82. The molecule has 0 aliphatic carbocycles. The molecule has 3 N–H and O–H groups in total. The van der Waals surface area contributed by atoms with E-state index in [9.17, 15) is 9.90 Å². The number of hydrogen-bond donors (Lipinski definition) is 3. The van der Waals surface area contributed by atoms with Crippen molar-refractivity contribution in [1.29, 1.82) is 0 Å². The highest BCUT2D eigenvalue weighted by Crippen LogP contribution is 2.43. The fourth-order valence-corrected chi connectivity index (χ4v) is 4.45. The molecule has 0 fully saturated rings. The van der Waals surface area contributed by atoms with Crippen molar-refractivity contribution in [3.05, 3.63) is 29.5 Å². The van der Waals surface area contributed by atoms with E-state index in [1.807, 2.05) is 6.20 Å². The van der Waals surface area contributed by atoms with Gasteiger partial charge in [-0.3, -0.25) is 4.79 Å². The van der Waals surface area contributed by atoms with E-state index in [0.717, 1.165) is 11.9 Å². The van der Waals surface area contributed by atoms with Crippen molar-refractivity contribution < 1.29 is 9.90 Å². The quantitative estimate of drug-likeness (QED) is 0.790. The Hall–Kier alpha value is -2.01. The molecule has 2 aliphatic heterocycles. The summed E-state index contributed by atoms with van der Waals surface area (Å²) < 4.78 is 0. The van der Waals surface area contributed by atoms with Crippen LogP contribution in [0.5, 0.6) is 0 Å². The van der Waals surface area contributed by atoms with Gasteiger partial charge in [-0.15, -0.1) is 0 Å². The first kappa shape index (κ1) is 15.5. The Morgan fingerprint density at radius 3 is 2.79 bits per heavy atom. The fraction of sp³-hybridized carbons (Fsp3) is 0.526. The van der Waals surface area contributed by atoms with Gasteiger partial charge in [0.2, 0.25) is 5.91 Å². The fourth-order valence-electron chi connectivity index (χ4n) is 4.45. The van der Waals surface area contributed by atoms with Crippen LogP contribution in [0.25, 0.3) is 10.9 Å². The molecule has 0 unspecified atom stereocenters. The van der Waals surface area contributed by atoms with Crippen molar-refractivity contribution in [2.45, 2.75) is 51.7 Å². The number of aromatic amines is 1. The first-order chi connectivity index (χ1) is 11.5. The molecule has 0 bridgehead atoms. The predicted octanol–water partition coefficient (Wildman–Crippen LogP) is 1.98. The lowest BCUT2D eigenvalue weighted by molar-refractivity contribution is -0.124. The molecule has 5 nitrogen and oxygen atoms in total. The van der Waals surface area contributed by atoms with Gasteiger partial charge in [-0.05, 0) is 42.9 Å². The normalized spacial score (nSPS) is 26.5. The van der Waals surface area contributed by atoms with Gasteiger partial charge in [-0.25, -0.2) is 0 Å². The van der Waals surface area contributed by atoms with Crippen molar-refractivity contribution in [2.75, 3.05) is 11.5 Å². The van der Waals surface area contributed by atoms with Crippen LogP contribution >= 0.6 is 0 Å². The maximum absolute atomic E-state index is 13.0. The molecular weight excluding hydrogens is 302 g/mol. The highest BCUT2D eigenvalue weighted by Gasteiger charge is 2.40. The van der Waals surface area contributed by atoms with Crippen LogP contribution in [0.1, 0.15) is 31.9 Å². The van der Waals surface area contributed by atoms with Gasteiger partial charge in [-0.2, -0.15) is 0 Å². The maximum atomic E-state index is 13.0. The number of carbonyl (C=O) groups excluding carboxylic acids is 1. The van der Waals surface area contributed by atoms with Crippen LogP contribution in [0.3, 0.4) is 0 Å². The van der Waals surface area contributed by atoms with E-state index in [2.05, 4.69) is 48.1 Å². The van der Waals surface area contributed by atoms with E-state index in [1.165, 1.54) is 22.2 Å². The highest BCUT2D eigenvalue weighted by atomic mass is 16.3. The van der Waals surface area contributed by atoms with Crippen molar-refractivity contribution in [1.82, 2.24) is 10.3 Å². The molecule has 2 aliphatic rings. The van der Waals surface area contributed by atoms with Gasteiger partial charge in [0, 0.05) is 23.1 Å². The molecule has 1 amide bonds. The lowest BCUT2D eigenvalue weighted by Gasteiger charge is -2.36. The van der Waals surface area contributed by atoms with E-state index in [4.69, 9.17) is 0 Å².